The summed E-state index contributed by atoms with van der Waals surface area (Å²) >= 11 is 0. The lowest BCUT2D eigenvalue weighted by Crippen LogP contribution is -1.92. The maximum Gasteiger partial charge on any atom is 0.110 e. The number of fused-ring (bicyclic) bond motifs is 5. The molecule has 0 radical (unpaired) electrons. The summed E-state index contributed by atoms with van der Waals surface area (Å²) in [5, 5.41) is 5.79. The van der Waals surface area contributed by atoms with Gasteiger partial charge in [0.05, 0.1) is 27.9 Å². The molecule has 4 heteroatoms. The largest absolute Gasteiger partial charge is 0.301 e. The van der Waals surface area contributed by atoms with Crippen molar-refractivity contribution in [1.82, 2.24) is 19.7 Å². The minimum Gasteiger partial charge on any atom is -0.301 e. The molecule has 0 unspecified atom stereocenters. The topological polar surface area (TPSA) is 46.5 Å². The Morgan fingerprint density at radius 2 is 1.80 bits per heavy atom. The number of hydrogen-bond acceptors (Lipinski definition) is 2. The zero-order valence-corrected chi connectivity index (χ0v) is 12.1. The van der Waals surface area contributed by atoms with Gasteiger partial charge in [-0.15, -0.1) is 0 Å². The van der Waals surface area contributed by atoms with E-state index in [2.05, 4.69) is 37.1 Å². The van der Waals surface area contributed by atoms with Gasteiger partial charge in [-0.2, -0.15) is 0 Å². The van der Waals surface area contributed by atoms with Crippen molar-refractivity contribution in [3.63, 3.8) is 0 Å². The molecule has 0 saturated carbocycles. The van der Waals surface area contributed by atoms with E-state index in [1.165, 1.54) is 16.3 Å². The fourth-order valence-electron chi connectivity index (χ4n) is 3.20. The fourth-order valence-corrected chi connectivity index (χ4v) is 3.20. The molecule has 0 saturated heterocycles. The van der Waals surface area contributed by atoms with Gasteiger partial charge in [0.1, 0.15) is 5.52 Å². The Kier molecular flexibility index (Phi) is 2.06. The van der Waals surface area contributed by atoms with Crippen LogP contribution >= 0.6 is 0 Å². The number of hydrogen-bond donors (Lipinski definition) is 1. The summed E-state index contributed by atoms with van der Waals surface area (Å²) in [5.74, 6) is 0. The molecule has 4 nitrogen and oxygen atoms in total. The summed E-state index contributed by atoms with van der Waals surface area (Å²) in [4.78, 5) is 9.52. The monoisotopic (exact) mass is 264 g/mol. The van der Waals surface area contributed by atoms with E-state index in [0.717, 1.165) is 33.5 Å². The van der Waals surface area contributed by atoms with Gasteiger partial charge >= 0.3 is 0 Å². The van der Waals surface area contributed by atoms with E-state index in [1.807, 2.05) is 18.7 Å². The minimum absolute atomic E-state index is 0.991. The SMILES string of the molecule is Cc1nc2c(C)[nH]n(C)c2c2c1nc1cccc(C)c12. The van der Waals surface area contributed by atoms with Crippen molar-refractivity contribution in [3.05, 3.63) is 35.2 Å². The Bertz CT molecular complexity index is 988. The first-order valence-corrected chi connectivity index (χ1v) is 6.78. The number of aryl methyl sites for hydroxylation is 4. The zero-order valence-electron chi connectivity index (χ0n) is 12.1. The van der Waals surface area contributed by atoms with Crippen molar-refractivity contribution in [2.75, 3.05) is 0 Å². The molecule has 0 spiro atoms. The second-order valence-corrected chi connectivity index (χ2v) is 5.49. The van der Waals surface area contributed by atoms with Gasteiger partial charge in [0.15, 0.2) is 0 Å². The second-order valence-electron chi connectivity index (χ2n) is 5.49. The third-order valence-corrected chi connectivity index (χ3v) is 4.08. The van der Waals surface area contributed by atoms with Gasteiger partial charge in [-0.1, -0.05) is 12.1 Å². The van der Waals surface area contributed by atoms with Gasteiger partial charge < -0.3 is 5.10 Å². The van der Waals surface area contributed by atoms with Crippen LogP contribution in [0.3, 0.4) is 0 Å². The quantitative estimate of drug-likeness (QED) is 0.528. The molecular formula is C16H16N4. The Morgan fingerprint density at radius 3 is 2.60 bits per heavy atom. The number of nitrogens with zero attached hydrogens (tertiary/aromatic N) is 3. The average Bonchev–Trinajstić information content (AvgIpc) is 2.90. The van der Waals surface area contributed by atoms with Crippen LogP contribution in [0.25, 0.3) is 32.8 Å². The molecule has 0 aliphatic carbocycles. The number of nitrogens with one attached hydrogen (secondary N) is 1. The lowest BCUT2D eigenvalue weighted by Gasteiger charge is -2.02. The Labute approximate surface area is 116 Å². The number of aromatic nitrogens is 4. The van der Waals surface area contributed by atoms with E-state index in [9.17, 15) is 0 Å². The Balaban J connectivity index is 2.44. The molecule has 3 aromatic heterocycles. The average molecular weight is 264 g/mol. The van der Waals surface area contributed by atoms with Gasteiger partial charge in [-0.05, 0) is 32.4 Å². The van der Waals surface area contributed by atoms with E-state index < -0.39 is 0 Å². The van der Waals surface area contributed by atoms with Crippen LogP contribution in [0.15, 0.2) is 18.2 Å². The third kappa shape index (κ3) is 1.26. The molecule has 0 atom stereocenters. The van der Waals surface area contributed by atoms with Gasteiger partial charge in [0.2, 0.25) is 0 Å². The van der Waals surface area contributed by atoms with Gasteiger partial charge in [-0.3, -0.25) is 4.68 Å². The summed E-state index contributed by atoms with van der Waals surface area (Å²) in [6, 6.07) is 6.28. The number of rotatable bonds is 0. The van der Waals surface area contributed by atoms with E-state index in [1.54, 1.807) is 0 Å². The Hall–Kier alpha value is -2.36. The van der Waals surface area contributed by atoms with Crippen LogP contribution in [0.1, 0.15) is 17.0 Å². The fraction of sp³-hybridized carbons (Fsp3) is 0.250. The number of benzene rings is 1. The normalized spacial score (nSPS) is 12.0. The van der Waals surface area contributed by atoms with E-state index in [-0.39, 0.29) is 0 Å². The summed E-state index contributed by atoms with van der Waals surface area (Å²) in [5.41, 5.74) is 7.58. The third-order valence-electron chi connectivity index (χ3n) is 4.08. The molecule has 100 valence electrons. The van der Waals surface area contributed by atoms with Crippen molar-refractivity contribution >= 4 is 32.8 Å². The molecular weight excluding hydrogens is 248 g/mol. The molecule has 0 amide bonds. The van der Waals surface area contributed by atoms with Crippen molar-refractivity contribution in [2.45, 2.75) is 20.8 Å². The molecule has 3 heterocycles. The molecule has 4 rings (SSSR count). The molecule has 1 aromatic carbocycles. The standard InChI is InChI=1S/C16H16N4/c1-8-6-5-7-11-12(8)13-14(18-11)9(2)17-15-10(3)19-20(4)16(13)15/h5-7,19H,1-4H3. The predicted octanol–water partition coefficient (Wildman–Crippen LogP) is 3.53. The molecule has 0 bridgehead atoms. The minimum atomic E-state index is 0.991. The molecule has 1 N–H and O–H groups in total. The van der Waals surface area contributed by atoms with Crippen LogP contribution in [0.4, 0.5) is 0 Å². The van der Waals surface area contributed by atoms with E-state index in [0.29, 0.717) is 0 Å². The molecule has 0 fully saturated rings. The lowest BCUT2D eigenvalue weighted by molar-refractivity contribution is 0.785. The molecule has 0 aliphatic rings. The number of pyridine rings is 1. The van der Waals surface area contributed by atoms with Crippen LogP contribution in [0.5, 0.6) is 0 Å². The first-order valence-electron chi connectivity index (χ1n) is 6.78. The maximum atomic E-state index is 4.79. The van der Waals surface area contributed by atoms with Crippen LogP contribution in [-0.2, 0) is 7.05 Å². The summed E-state index contributed by atoms with van der Waals surface area (Å²) < 4.78 is 2.05. The lowest BCUT2D eigenvalue weighted by atomic mass is 10.1. The zero-order chi connectivity index (χ0) is 14.0. The second kappa shape index (κ2) is 3.60. The van der Waals surface area contributed by atoms with Crippen molar-refractivity contribution in [2.24, 2.45) is 7.05 Å². The molecule has 0 aliphatic heterocycles. The smallest absolute Gasteiger partial charge is 0.110 e. The van der Waals surface area contributed by atoms with Gasteiger partial charge in [0.25, 0.3) is 0 Å². The maximum absolute atomic E-state index is 4.79. The van der Waals surface area contributed by atoms with Gasteiger partial charge in [-0.25, -0.2) is 9.97 Å². The van der Waals surface area contributed by atoms with Gasteiger partial charge in [0, 0.05) is 17.8 Å². The highest BCUT2D eigenvalue weighted by atomic mass is 15.3. The highest BCUT2D eigenvalue weighted by Crippen LogP contribution is 2.35. The van der Waals surface area contributed by atoms with Crippen LogP contribution in [0, 0.1) is 20.8 Å². The molecule has 4 aromatic rings. The van der Waals surface area contributed by atoms with Crippen LogP contribution in [-0.4, -0.2) is 19.7 Å². The van der Waals surface area contributed by atoms with E-state index >= 15 is 0 Å². The van der Waals surface area contributed by atoms with E-state index in [4.69, 9.17) is 9.97 Å². The van der Waals surface area contributed by atoms with Crippen molar-refractivity contribution in [1.29, 1.82) is 0 Å². The summed E-state index contributed by atoms with van der Waals surface area (Å²) in [7, 11) is 2.03. The van der Waals surface area contributed by atoms with Crippen LogP contribution < -0.4 is 0 Å². The highest BCUT2D eigenvalue weighted by molar-refractivity contribution is 6.20. The van der Waals surface area contributed by atoms with Crippen molar-refractivity contribution < 1.29 is 0 Å². The molecule has 20 heavy (non-hydrogen) atoms. The first-order chi connectivity index (χ1) is 9.58. The highest BCUT2D eigenvalue weighted by Gasteiger charge is 2.17. The van der Waals surface area contributed by atoms with Crippen LogP contribution in [0.2, 0.25) is 0 Å². The Morgan fingerprint density at radius 1 is 1.00 bits per heavy atom. The number of aromatic amines is 1. The summed E-state index contributed by atoms with van der Waals surface area (Å²) in [6.07, 6.45) is 0. The summed E-state index contributed by atoms with van der Waals surface area (Å²) in [6.45, 7) is 6.24. The first kappa shape index (κ1) is 11.5. The van der Waals surface area contributed by atoms with Crippen molar-refractivity contribution in [3.8, 4) is 0 Å². The number of H-pyrrole nitrogens is 1. The predicted molar refractivity (Wildman–Crippen MR) is 82.1 cm³/mol.